The van der Waals surface area contributed by atoms with E-state index in [1.54, 1.807) is 43.5 Å². The minimum absolute atomic E-state index is 0.0149. The molecule has 0 bridgehead atoms. The Morgan fingerprint density at radius 3 is 2.11 bits per heavy atom. The zero-order valence-electron chi connectivity index (χ0n) is 16.7. The highest BCUT2D eigenvalue weighted by molar-refractivity contribution is 5.96. The van der Waals surface area contributed by atoms with Gasteiger partial charge in [-0.15, -0.1) is 0 Å². The molecule has 0 heterocycles. The lowest BCUT2D eigenvalue weighted by molar-refractivity contribution is -0.118. The first kappa shape index (κ1) is 21.3. The van der Waals surface area contributed by atoms with Gasteiger partial charge in [0.05, 0.1) is 7.11 Å². The summed E-state index contributed by atoms with van der Waals surface area (Å²) in [4.78, 5) is 26.6. The molecule has 0 saturated heterocycles. The standard InChI is InChI=1S/C22H28N2O4/c1-4-14-24(15-5-2)22(26)17-10-12-18(13-11-17)23-21(25)16-28-20-9-7-6-8-19(20)27-3/h6-13H,4-5,14-16H2,1-3H3,(H,23,25). The van der Waals surface area contributed by atoms with Gasteiger partial charge in [-0.2, -0.15) is 0 Å². The van der Waals surface area contributed by atoms with E-state index in [0.717, 1.165) is 25.9 Å². The van der Waals surface area contributed by atoms with Gasteiger partial charge in [-0.1, -0.05) is 26.0 Å². The smallest absolute Gasteiger partial charge is 0.262 e. The fourth-order valence-corrected chi connectivity index (χ4v) is 2.81. The molecular formula is C22H28N2O4. The lowest BCUT2D eigenvalue weighted by Gasteiger charge is -2.21. The predicted molar refractivity (Wildman–Crippen MR) is 110 cm³/mol. The molecule has 150 valence electrons. The first-order valence-corrected chi connectivity index (χ1v) is 9.54. The Morgan fingerprint density at radius 1 is 0.929 bits per heavy atom. The fraction of sp³-hybridized carbons (Fsp3) is 0.364. The van der Waals surface area contributed by atoms with Gasteiger partial charge in [0.25, 0.3) is 11.8 Å². The molecule has 0 atom stereocenters. The number of hydrogen-bond acceptors (Lipinski definition) is 4. The third kappa shape index (κ3) is 6.01. The average Bonchev–Trinajstić information content (AvgIpc) is 2.72. The molecule has 6 nitrogen and oxygen atoms in total. The Kier molecular flexibility index (Phi) is 8.34. The van der Waals surface area contributed by atoms with Crippen LogP contribution in [0.3, 0.4) is 0 Å². The average molecular weight is 384 g/mol. The van der Waals surface area contributed by atoms with Crippen molar-refractivity contribution in [1.82, 2.24) is 4.90 Å². The number of anilines is 1. The minimum Gasteiger partial charge on any atom is -0.493 e. The molecule has 6 heteroatoms. The van der Waals surface area contributed by atoms with Crippen molar-refractivity contribution in [2.24, 2.45) is 0 Å². The van der Waals surface area contributed by atoms with Crippen LogP contribution in [0.5, 0.6) is 11.5 Å². The SMILES string of the molecule is CCCN(CCC)C(=O)c1ccc(NC(=O)COc2ccccc2OC)cc1. The lowest BCUT2D eigenvalue weighted by atomic mass is 10.1. The molecule has 2 amide bonds. The molecule has 0 saturated carbocycles. The lowest BCUT2D eigenvalue weighted by Crippen LogP contribution is -2.32. The van der Waals surface area contributed by atoms with Gasteiger partial charge in [-0.25, -0.2) is 0 Å². The summed E-state index contributed by atoms with van der Waals surface area (Å²) in [6.07, 6.45) is 1.85. The number of carbonyl (C=O) groups is 2. The monoisotopic (exact) mass is 384 g/mol. The Bertz CT molecular complexity index is 768. The third-order valence-corrected chi connectivity index (χ3v) is 4.12. The van der Waals surface area contributed by atoms with Gasteiger partial charge >= 0.3 is 0 Å². The molecule has 1 N–H and O–H groups in total. The van der Waals surface area contributed by atoms with Crippen molar-refractivity contribution in [2.75, 3.05) is 32.1 Å². The summed E-state index contributed by atoms with van der Waals surface area (Å²) in [6.45, 7) is 5.46. The van der Waals surface area contributed by atoms with E-state index in [0.29, 0.717) is 22.7 Å². The number of amides is 2. The summed E-state index contributed by atoms with van der Waals surface area (Å²) >= 11 is 0. The van der Waals surface area contributed by atoms with Crippen molar-refractivity contribution in [3.8, 4) is 11.5 Å². The normalized spacial score (nSPS) is 10.2. The number of para-hydroxylation sites is 2. The molecule has 0 fully saturated rings. The second kappa shape index (κ2) is 11.0. The first-order valence-electron chi connectivity index (χ1n) is 9.54. The molecule has 2 aromatic carbocycles. The second-order valence-electron chi connectivity index (χ2n) is 6.36. The summed E-state index contributed by atoms with van der Waals surface area (Å²) in [5, 5.41) is 2.77. The highest BCUT2D eigenvalue weighted by atomic mass is 16.5. The van der Waals surface area contributed by atoms with E-state index in [-0.39, 0.29) is 18.4 Å². The summed E-state index contributed by atoms with van der Waals surface area (Å²) < 4.78 is 10.7. The van der Waals surface area contributed by atoms with Gasteiger partial charge < -0.3 is 19.7 Å². The molecule has 28 heavy (non-hydrogen) atoms. The zero-order chi connectivity index (χ0) is 20.4. The molecule has 0 radical (unpaired) electrons. The van der Waals surface area contributed by atoms with E-state index in [1.165, 1.54) is 0 Å². The van der Waals surface area contributed by atoms with E-state index in [1.807, 2.05) is 17.0 Å². The Labute approximate surface area is 166 Å². The molecule has 0 aliphatic heterocycles. The quantitative estimate of drug-likeness (QED) is 0.673. The van der Waals surface area contributed by atoms with Crippen LogP contribution in [-0.4, -0.2) is 43.5 Å². The van der Waals surface area contributed by atoms with E-state index >= 15 is 0 Å². The molecule has 0 aliphatic carbocycles. The van der Waals surface area contributed by atoms with Crippen molar-refractivity contribution in [3.05, 3.63) is 54.1 Å². The van der Waals surface area contributed by atoms with E-state index < -0.39 is 0 Å². The summed E-state index contributed by atoms with van der Waals surface area (Å²) in [5.74, 6) is 0.805. The molecule has 0 unspecified atom stereocenters. The van der Waals surface area contributed by atoms with Crippen molar-refractivity contribution in [1.29, 1.82) is 0 Å². The Balaban J connectivity index is 1.92. The highest BCUT2D eigenvalue weighted by Crippen LogP contribution is 2.25. The van der Waals surface area contributed by atoms with Crippen LogP contribution in [0.2, 0.25) is 0 Å². The highest BCUT2D eigenvalue weighted by Gasteiger charge is 2.14. The number of rotatable bonds is 10. The third-order valence-electron chi connectivity index (χ3n) is 4.12. The van der Waals surface area contributed by atoms with Crippen LogP contribution < -0.4 is 14.8 Å². The van der Waals surface area contributed by atoms with Gasteiger partial charge in [0.1, 0.15) is 0 Å². The summed E-state index contributed by atoms with van der Waals surface area (Å²) in [6, 6.07) is 14.1. The number of ether oxygens (including phenoxy) is 2. The Morgan fingerprint density at radius 2 is 1.54 bits per heavy atom. The van der Waals surface area contributed by atoms with E-state index in [4.69, 9.17) is 9.47 Å². The maximum atomic E-state index is 12.6. The maximum absolute atomic E-state index is 12.6. The topological polar surface area (TPSA) is 67.9 Å². The van der Waals surface area contributed by atoms with E-state index in [9.17, 15) is 9.59 Å². The Hall–Kier alpha value is -3.02. The molecule has 2 aromatic rings. The number of carbonyl (C=O) groups excluding carboxylic acids is 2. The van der Waals surface area contributed by atoms with Gasteiger partial charge in [-0.3, -0.25) is 9.59 Å². The van der Waals surface area contributed by atoms with Crippen LogP contribution in [0, 0.1) is 0 Å². The predicted octanol–water partition coefficient (Wildman–Crippen LogP) is 3.97. The summed E-state index contributed by atoms with van der Waals surface area (Å²) in [5.41, 5.74) is 1.23. The van der Waals surface area contributed by atoms with Crippen molar-refractivity contribution >= 4 is 17.5 Å². The summed E-state index contributed by atoms with van der Waals surface area (Å²) in [7, 11) is 1.55. The van der Waals surface area contributed by atoms with Crippen LogP contribution in [0.25, 0.3) is 0 Å². The number of hydrogen-bond donors (Lipinski definition) is 1. The maximum Gasteiger partial charge on any atom is 0.262 e. The van der Waals surface area contributed by atoms with Crippen molar-refractivity contribution in [2.45, 2.75) is 26.7 Å². The van der Waals surface area contributed by atoms with Gasteiger partial charge in [0, 0.05) is 24.3 Å². The minimum atomic E-state index is -0.288. The molecule has 0 aliphatic rings. The van der Waals surface area contributed by atoms with Crippen LogP contribution in [0.4, 0.5) is 5.69 Å². The van der Waals surface area contributed by atoms with Crippen LogP contribution in [-0.2, 0) is 4.79 Å². The molecule has 2 rings (SSSR count). The van der Waals surface area contributed by atoms with Gasteiger partial charge in [0.2, 0.25) is 0 Å². The number of benzene rings is 2. The number of nitrogens with zero attached hydrogens (tertiary/aromatic N) is 1. The molecular weight excluding hydrogens is 356 g/mol. The van der Waals surface area contributed by atoms with Crippen LogP contribution in [0.1, 0.15) is 37.0 Å². The number of methoxy groups -OCH3 is 1. The van der Waals surface area contributed by atoms with E-state index in [2.05, 4.69) is 19.2 Å². The fourth-order valence-electron chi connectivity index (χ4n) is 2.81. The largest absolute Gasteiger partial charge is 0.493 e. The van der Waals surface area contributed by atoms with Crippen LogP contribution >= 0.6 is 0 Å². The van der Waals surface area contributed by atoms with Crippen molar-refractivity contribution in [3.63, 3.8) is 0 Å². The van der Waals surface area contributed by atoms with Crippen molar-refractivity contribution < 1.29 is 19.1 Å². The number of nitrogens with one attached hydrogen (secondary N) is 1. The zero-order valence-corrected chi connectivity index (χ0v) is 16.7. The molecule has 0 spiro atoms. The molecule has 0 aromatic heterocycles. The van der Waals surface area contributed by atoms with Gasteiger partial charge in [-0.05, 0) is 49.2 Å². The van der Waals surface area contributed by atoms with Gasteiger partial charge in [0.15, 0.2) is 18.1 Å². The second-order valence-corrected chi connectivity index (χ2v) is 6.36. The first-order chi connectivity index (χ1) is 13.6. The van der Waals surface area contributed by atoms with Crippen LogP contribution in [0.15, 0.2) is 48.5 Å².